The first kappa shape index (κ1) is 42.5. The average Bonchev–Trinajstić information content (AvgIpc) is 3.36. The van der Waals surface area contributed by atoms with Crippen molar-refractivity contribution in [3.8, 4) is 0 Å². The SMILES string of the molecule is C[C@]12CCC(=O)C=C1CC[C@@H]1[C@@H]2[C@@H](OC(=O)CCCSSCCO[N+](=O)[O-])C[C@@]2(C)[C@H]1CC[C@]2(O)C(=O)COC(=O)CCCSSCCO[N+](=O)[O-]. The normalized spacial score (nSPS) is 30.6. The molecule has 0 aromatic carbocycles. The van der Waals surface area contributed by atoms with Crippen LogP contribution in [0.1, 0.15) is 84.5 Å². The third-order valence-electron chi connectivity index (χ3n) is 11.2. The van der Waals surface area contributed by atoms with Gasteiger partial charge in [0.15, 0.2) is 12.4 Å². The summed E-state index contributed by atoms with van der Waals surface area (Å²) in [6.07, 6.45) is 6.06. The number of Topliss-reactive ketones (excluding diaryl/α,β-unsaturated/α-hetero) is 1. The van der Waals surface area contributed by atoms with E-state index in [9.17, 15) is 44.5 Å². The van der Waals surface area contributed by atoms with Gasteiger partial charge in [0.25, 0.3) is 10.2 Å². The Balaban J connectivity index is 1.37. The van der Waals surface area contributed by atoms with Crippen LogP contribution in [0.2, 0.25) is 0 Å². The van der Waals surface area contributed by atoms with E-state index in [1.165, 1.54) is 43.2 Å². The van der Waals surface area contributed by atoms with Gasteiger partial charge < -0.3 is 24.3 Å². The molecule has 0 saturated heterocycles. The Bertz CT molecular complexity index is 1370. The molecule has 292 valence electrons. The van der Waals surface area contributed by atoms with Gasteiger partial charge in [-0.05, 0) is 74.7 Å². The molecule has 19 heteroatoms. The summed E-state index contributed by atoms with van der Waals surface area (Å²) in [5.41, 5.74) is -1.99. The number of carbonyl (C=O) groups is 4. The van der Waals surface area contributed by atoms with Crippen LogP contribution in [0.15, 0.2) is 11.6 Å². The minimum absolute atomic E-state index is 0.0118. The van der Waals surface area contributed by atoms with Crippen LogP contribution in [0.25, 0.3) is 0 Å². The first-order valence-corrected chi connectivity index (χ1v) is 22.6. The van der Waals surface area contributed by atoms with E-state index in [1.54, 1.807) is 6.08 Å². The highest BCUT2D eigenvalue weighted by Crippen LogP contribution is 2.68. The summed E-state index contributed by atoms with van der Waals surface area (Å²) in [5, 5.41) is 31.0. The largest absolute Gasteiger partial charge is 0.462 e. The zero-order valence-electron chi connectivity index (χ0n) is 29.5. The zero-order chi connectivity index (χ0) is 37.9. The Morgan fingerprint density at radius 2 is 1.48 bits per heavy atom. The summed E-state index contributed by atoms with van der Waals surface area (Å²) in [4.78, 5) is 81.1. The number of esters is 2. The lowest BCUT2D eigenvalue weighted by Gasteiger charge is -2.61. The summed E-state index contributed by atoms with van der Waals surface area (Å²) in [5.74, 6) is 0.638. The Kier molecular flexibility index (Phi) is 15.9. The number of ketones is 2. The third-order valence-corrected chi connectivity index (χ3v) is 16.2. The van der Waals surface area contributed by atoms with Gasteiger partial charge in [-0.3, -0.25) is 19.2 Å². The molecule has 0 bridgehead atoms. The van der Waals surface area contributed by atoms with Crippen LogP contribution in [-0.2, 0) is 38.3 Å². The van der Waals surface area contributed by atoms with Crippen LogP contribution >= 0.6 is 43.2 Å². The van der Waals surface area contributed by atoms with Crippen molar-refractivity contribution >= 4 is 66.7 Å². The molecule has 0 aliphatic heterocycles. The number of hydrogen-bond donors (Lipinski definition) is 1. The van der Waals surface area contributed by atoms with Gasteiger partial charge in [0.1, 0.15) is 24.9 Å². The fourth-order valence-corrected chi connectivity index (χ4v) is 12.7. The van der Waals surface area contributed by atoms with Crippen LogP contribution in [0.5, 0.6) is 0 Å². The van der Waals surface area contributed by atoms with Crippen LogP contribution in [0.4, 0.5) is 0 Å². The van der Waals surface area contributed by atoms with E-state index >= 15 is 0 Å². The van der Waals surface area contributed by atoms with Crippen molar-refractivity contribution in [3.63, 3.8) is 0 Å². The number of hydrogen-bond acceptors (Lipinski definition) is 17. The molecule has 7 atom stereocenters. The molecule has 1 N–H and O–H groups in total. The smallest absolute Gasteiger partial charge is 0.306 e. The molecule has 4 aliphatic rings. The van der Waals surface area contributed by atoms with Crippen molar-refractivity contribution < 1.29 is 53.6 Å². The second-order valence-electron chi connectivity index (χ2n) is 14.1. The number of rotatable bonds is 22. The molecule has 0 unspecified atom stereocenters. The van der Waals surface area contributed by atoms with Crippen molar-refractivity contribution in [1.29, 1.82) is 0 Å². The topological polar surface area (TPSA) is 212 Å². The molecule has 0 radical (unpaired) electrons. The van der Waals surface area contributed by atoms with Crippen molar-refractivity contribution in [1.82, 2.24) is 0 Å². The number of fused-ring (bicyclic) bond motifs is 5. The molecule has 4 rings (SSSR count). The molecule has 3 fully saturated rings. The molecule has 0 amide bonds. The van der Waals surface area contributed by atoms with Gasteiger partial charge in [-0.15, -0.1) is 20.2 Å². The summed E-state index contributed by atoms with van der Waals surface area (Å²) in [6.45, 7) is 3.48. The highest BCUT2D eigenvalue weighted by Gasteiger charge is 2.69. The molecule has 4 aliphatic carbocycles. The van der Waals surface area contributed by atoms with Gasteiger partial charge in [-0.1, -0.05) is 62.6 Å². The molecule has 15 nitrogen and oxygen atoms in total. The lowest BCUT2D eigenvalue weighted by molar-refractivity contribution is -0.756. The molecular formula is C33H48N2O13S4. The summed E-state index contributed by atoms with van der Waals surface area (Å²) in [7, 11) is 5.76. The maximum Gasteiger partial charge on any atom is 0.306 e. The van der Waals surface area contributed by atoms with E-state index in [4.69, 9.17) is 9.47 Å². The minimum atomic E-state index is -1.78. The van der Waals surface area contributed by atoms with Crippen LogP contribution in [0, 0.1) is 48.8 Å². The first-order chi connectivity index (χ1) is 24.7. The molecule has 3 saturated carbocycles. The van der Waals surface area contributed by atoms with E-state index in [0.717, 1.165) is 18.4 Å². The van der Waals surface area contributed by atoms with Crippen molar-refractivity contribution in [2.24, 2.45) is 28.6 Å². The molecule has 0 aromatic rings. The van der Waals surface area contributed by atoms with Crippen LogP contribution in [0.3, 0.4) is 0 Å². The lowest BCUT2D eigenvalue weighted by atomic mass is 9.45. The van der Waals surface area contributed by atoms with E-state index < -0.39 is 45.7 Å². The maximum absolute atomic E-state index is 13.8. The summed E-state index contributed by atoms with van der Waals surface area (Å²) < 4.78 is 11.6. The Hall–Kier alpha value is -2.22. The Labute approximate surface area is 318 Å². The monoisotopic (exact) mass is 808 g/mol. The highest BCUT2D eigenvalue weighted by molar-refractivity contribution is 8.77. The van der Waals surface area contributed by atoms with E-state index in [1.807, 2.05) is 6.92 Å². The van der Waals surface area contributed by atoms with E-state index in [0.29, 0.717) is 55.1 Å². The van der Waals surface area contributed by atoms with Gasteiger partial charge in [0.2, 0.25) is 5.78 Å². The van der Waals surface area contributed by atoms with Gasteiger partial charge in [0.05, 0.1) is 0 Å². The van der Waals surface area contributed by atoms with Gasteiger partial charge in [0, 0.05) is 53.6 Å². The Morgan fingerprint density at radius 1 is 0.885 bits per heavy atom. The predicted molar refractivity (Wildman–Crippen MR) is 197 cm³/mol. The average molecular weight is 809 g/mol. The molecule has 0 heterocycles. The first-order valence-electron chi connectivity index (χ1n) is 17.6. The zero-order valence-corrected chi connectivity index (χ0v) is 32.8. The molecule has 0 spiro atoms. The second kappa shape index (κ2) is 19.4. The van der Waals surface area contributed by atoms with E-state index in [2.05, 4.69) is 16.6 Å². The fourth-order valence-electron chi connectivity index (χ4n) is 8.87. The van der Waals surface area contributed by atoms with Crippen molar-refractivity contribution in [2.45, 2.75) is 96.2 Å². The fraction of sp³-hybridized carbons (Fsp3) is 0.818. The van der Waals surface area contributed by atoms with E-state index in [-0.39, 0.29) is 73.8 Å². The van der Waals surface area contributed by atoms with Gasteiger partial charge in [-0.2, -0.15) is 0 Å². The Morgan fingerprint density at radius 3 is 2.10 bits per heavy atom. The minimum Gasteiger partial charge on any atom is -0.462 e. The second-order valence-corrected chi connectivity index (χ2v) is 19.5. The molecule has 0 aromatic heterocycles. The quantitative estimate of drug-likeness (QED) is 0.0462. The van der Waals surface area contributed by atoms with Gasteiger partial charge >= 0.3 is 11.9 Å². The van der Waals surface area contributed by atoms with Crippen LogP contribution in [-0.4, -0.2) is 93.3 Å². The summed E-state index contributed by atoms with van der Waals surface area (Å²) in [6, 6.07) is 0. The number of carbonyl (C=O) groups excluding carboxylic acids is 4. The van der Waals surface area contributed by atoms with Gasteiger partial charge in [-0.25, -0.2) is 0 Å². The standard InChI is InChI=1S/C33H48N2O13S4/c1-31-11-9-23(36)19-22(31)7-8-24-25-10-12-33(40,27(37)21-45-28(38)5-3-15-49-51-17-13-46-34(41)42)32(25,2)20-26(30(24)31)48-29(39)6-4-16-50-52-18-14-47-35(43)44/h19,24-26,30,40H,3-18,20-21H2,1-2H3/t24-,25-,26-,30+,31-,32-,33-/m0/s1. The van der Waals surface area contributed by atoms with Crippen molar-refractivity contribution in [3.05, 3.63) is 31.9 Å². The number of allylic oxidation sites excluding steroid dienone is 1. The summed E-state index contributed by atoms with van der Waals surface area (Å²) >= 11 is 0. The third kappa shape index (κ3) is 10.5. The molecule has 52 heavy (non-hydrogen) atoms. The molecular weight excluding hydrogens is 761 g/mol. The van der Waals surface area contributed by atoms with Crippen LogP contribution < -0.4 is 0 Å². The number of aliphatic hydroxyl groups is 1. The predicted octanol–water partition coefficient (Wildman–Crippen LogP) is 5.62. The highest BCUT2D eigenvalue weighted by atomic mass is 33.1. The maximum atomic E-state index is 13.8. The van der Waals surface area contributed by atoms with Crippen molar-refractivity contribution in [2.75, 3.05) is 42.8 Å². The lowest BCUT2D eigenvalue weighted by Crippen LogP contribution is -2.62. The number of nitrogens with zero attached hydrogens (tertiary/aromatic N) is 2. The number of ether oxygens (including phenoxy) is 2.